The van der Waals surface area contributed by atoms with Crippen LogP contribution >= 0.6 is 23.2 Å². The number of ether oxygens (including phenoxy) is 1. The van der Waals surface area contributed by atoms with Crippen molar-refractivity contribution in [1.82, 2.24) is 0 Å². The minimum absolute atomic E-state index is 0.00761. The van der Waals surface area contributed by atoms with Crippen LogP contribution in [0.25, 0.3) is 5.03 Å². The van der Waals surface area contributed by atoms with Gasteiger partial charge in [-0.1, -0.05) is 55.3 Å². The summed E-state index contributed by atoms with van der Waals surface area (Å²) in [6.07, 6.45) is 0.251. The Morgan fingerprint density at radius 2 is 1.95 bits per heavy atom. The standard InChI is InChI=1S/C14H14Cl2O3/c1-14(2)10(12(14)19-13(17)18)7-11(16)8-3-5-9(15)6-4-8/h3-7,10,12H,1-2H3,(H,17,18)/b11-7-/t10-,12-/m1/s1. The minimum Gasteiger partial charge on any atom is -0.450 e. The predicted molar refractivity (Wildman–Crippen MR) is 75.5 cm³/mol. The summed E-state index contributed by atoms with van der Waals surface area (Å²) in [4.78, 5) is 10.6. The molecule has 1 saturated carbocycles. The lowest BCUT2D eigenvalue weighted by molar-refractivity contribution is 0.0732. The first-order valence-corrected chi connectivity index (χ1v) is 6.61. The maximum absolute atomic E-state index is 10.6. The van der Waals surface area contributed by atoms with Gasteiger partial charge in [-0.2, -0.15) is 0 Å². The van der Waals surface area contributed by atoms with Gasteiger partial charge in [-0.3, -0.25) is 0 Å². The molecule has 5 heteroatoms. The van der Waals surface area contributed by atoms with E-state index in [-0.39, 0.29) is 17.4 Å². The molecule has 0 saturated heterocycles. The maximum Gasteiger partial charge on any atom is 0.506 e. The van der Waals surface area contributed by atoms with Crippen LogP contribution in [0.15, 0.2) is 30.3 Å². The average molecular weight is 301 g/mol. The van der Waals surface area contributed by atoms with Crippen LogP contribution in [0.5, 0.6) is 0 Å². The third-order valence-corrected chi connectivity index (χ3v) is 4.08. The number of hydrogen-bond acceptors (Lipinski definition) is 2. The molecule has 1 aliphatic rings. The van der Waals surface area contributed by atoms with Gasteiger partial charge in [0.2, 0.25) is 0 Å². The van der Waals surface area contributed by atoms with Crippen molar-refractivity contribution in [3.63, 3.8) is 0 Å². The summed E-state index contributed by atoms with van der Waals surface area (Å²) in [5.41, 5.74) is 0.633. The monoisotopic (exact) mass is 300 g/mol. The number of carboxylic acid groups (broad SMARTS) is 1. The molecule has 1 aromatic carbocycles. The van der Waals surface area contributed by atoms with Gasteiger partial charge in [-0.25, -0.2) is 4.79 Å². The van der Waals surface area contributed by atoms with Crippen molar-refractivity contribution in [1.29, 1.82) is 0 Å². The maximum atomic E-state index is 10.6. The highest BCUT2D eigenvalue weighted by Crippen LogP contribution is 2.56. The molecule has 2 rings (SSSR count). The normalized spacial score (nSPS) is 24.9. The first kappa shape index (κ1) is 14.2. The van der Waals surface area contributed by atoms with Crippen LogP contribution in [-0.2, 0) is 4.74 Å². The van der Waals surface area contributed by atoms with Crippen molar-refractivity contribution in [3.8, 4) is 0 Å². The third-order valence-electron chi connectivity index (χ3n) is 3.48. The van der Waals surface area contributed by atoms with Crippen molar-refractivity contribution in [3.05, 3.63) is 40.9 Å². The molecule has 1 N–H and O–H groups in total. The summed E-state index contributed by atoms with van der Waals surface area (Å²) in [6.45, 7) is 3.90. The predicted octanol–water partition coefficient (Wildman–Crippen LogP) is 4.64. The van der Waals surface area contributed by atoms with Gasteiger partial charge in [0.15, 0.2) is 0 Å². The van der Waals surface area contributed by atoms with Crippen LogP contribution in [0.2, 0.25) is 5.02 Å². The smallest absolute Gasteiger partial charge is 0.450 e. The van der Waals surface area contributed by atoms with E-state index < -0.39 is 6.16 Å². The first-order chi connectivity index (χ1) is 8.82. The lowest BCUT2D eigenvalue weighted by atomic mass is 10.1. The molecule has 1 aromatic rings. The Morgan fingerprint density at radius 1 is 1.37 bits per heavy atom. The van der Waals surface area contributed by atoms with Crippen molar-refractivity contribution in [2.75, 3.05) is 0 Å². The van der Waals surface area contributed by atoms with E-state index in [2.05, 4.69) is 0 Å². The van der Waals surface area contributed by atoms with Gasteiger partial charge < -0.3 is 9.84 Å². The summed E-state index contributed by atoms with van der Waals surface area (Å²) in [7, 11) is 0. The largest absolute Gasteiger partial charge is 0.506 e. The fourth-order valence-corrected chi connectivity index (χ4v) is 2.52. The van der Waals surface area contributed by atoms with E-state index in [0.29, 0.717) is 10.1 Å². The summed E-state index contributed by atoms with van der Waals surface area (Å²) in [5, 5.41) is 9.89. The summed E-state index contributed by atoms with van der Waals surface area (Å²) >= 11 is 12.1. The van der Waals surface area contributed by atoms with Crippen molar-refractivity contribution >= 4 is 34.4 Å². The van der Waals surface area contributed by atoms with E-state index >= 15 is 0 Å². The van der Waals surface area contributed by atoms with Gasteiger partial charge in [0.1, 0.15) is 6.10 Å². The Kier molecular flexibility index (Phi) is 3.79. The summed E-state index contributed by atoms with van der Waals surface area (Å²) in [5.74, 6) is -0.00761. The molecular formula is C14H14Cl2O3. The first-order valence-electron chi connectivity index (χ1n) is 5.85. The van der Waals surface area contributed by atoms with E-state index in [9.17, 15) is 4.79 Å². The summed E-state index contributed by atoms with van der Waals surface area (Å²) < 4.78 is 4.84. The second-order valence-corrected chi connectivity index (χ2v) is 6.02. The molecule has 19 heavy (non-hydrogen) atoms. The zero-order valence-corrected chi connectivity index (χ0v) is 12.1. The Morgan fingerprint density at radius 3 is 2.47 bits per heavy atom. The SMILES string of the molecule is CC1(C)[C@H](/C=C(\Cl)c2ccc(Cl)cc2)[C@H]1OC(=O)O. The second kappa shape index (κ2) is 5.06. The summed E-state index contributed by atoms with van der Waals surface area (Å²) in [6, 6.07) is 7.17. The van der Waals surface area contributed by atoms with Crippen molar-refractivity contribution < 1.29 is 14.6 Å². The van der Waals surface area contributed by atoms with E-state index in [0.717, 1.165) is 5.56 Å². The minimum atomic E-state index is -1.25. The molecule has 102 valence electrons. The Labute approximate surface area is 121 Å². The third kappa shape index (κ3) is 3.04. The van der Waals surface area contributed by atoms with Crippen LogP contribution < -0.4 is 0 Å². The number of rotatable bonds is 3. The van der Waals surface area contributed by atoms with Gasteiger partial charge >= 0.3 is 6.16 Å². The van der Waals surface area contributed by atoms with Gasteiger partial charge in [-0.15, -0.1) is 0 Å². The Bertz CT molecular complexity index is 520. The van der Waals surface area contributed by atoms with Gasteiger partial charge in [0.25, 0.3) is 0 Å². The zero-order valence-electron chi connectivity index (χ0n) is 10.6. The fourth-order valence-electron chi connectivity index (χ4n) is 2.13. The molecule has 0 amide bonds. The molecule has 0 aromatic heterocycles. The number of benzene rings is 1. The Hall–Kier alpha value is -1.19. The number of hydrogen-bond donors (Lipinski definition) is 1. The lowest BCUT2D eigenvalue weighted by Gasteiger charge is -2.00. The van der Waals surface area contributed by atoms with Crippen LogP contribution in [0, 0.1) is 11.3 Å². The quantitative estimate of drug-likeness (QED) is 0.827. The van der Waals surface area contributed by atoms with Crippen molar-refractivity contribution in [2.24, 2.45) is 11.3 Å². The fraction of sp³-hybridized carbons (Fsp3) is 0.357. The molecule has 0 radical (unpaired) electrons. The second-order valence-electron chi connectivity index (χ2n) is 5.17. The topological polar surface area (TPSA) is 46.5 Å². The van der Waals surface area contributed by atoms with Crippen LogP contribution in [-0.4, -0.2) is 17.4 Å². The molecular weight excluding hydrogens is 287 g/mol. The molecule has 0 heterocycles. The molecule has 1 aliphatic carbocycles. The molecule has 0 bridgehead atoms. The van der Waals surface area contributed by atoms with Crippen LogP contribution in [0.1, 0.15) is 19.4 Å². The Balaban J connectivity index is 2.13. The lowest BCUT2D eigenvalue weighted by Crippen LogP contribution is -2.07. The zero-order chi connectivity index (χ0) is 14.2. The van der Waals surface area contributed by atoms with Gasteiger partial charge in [-0.05, 0) is 17.7 Å². The average Bonchev–Trinajstić information content (AvgIpc) is 2.80. The van der Waals surface area contributed by atoms with Crippen molar-refractivity contribution in [2.45, 2.75) is 20.0 Å². The molecule has 1 fully saturated rings. The molecule has 2 atom stereocenters. The van der Waals surface area contributed by atoms with Gasteiger partial charge in [0.05, 0.1) is 0 Å². The molecule has 0 unspecified atom stereocenters. The number of halogens is 2. The van der Waals surface area contributed by atoms with E-state index in [4.69, 9.17) is 33.0 Å². The van der Waals surface area contributed by atoms with E-state index in [1.54, 1.807) is 12.1 Å². The van der Waals surface area contributed by atoms with E-state index in [1.165, 1.54) is 0 Å². The van der Waals surface area contributed by atoms with Crippen LogP contribution in [0.4, 0.5) is 4.79 Å². The number of carbonyl (C=O) groups is 1. The van der Waals surface area contributed by atoms with E-state index in [1.807, 2.05) is 32.1 Å². The molecule has 0 aliphatic heterocycles. The molecule has 0 spiro atoms. The van der Waals surface area contributed by atoms with Gasteiger partial charge in [0, 0.05) is 21.4 Å². The molecule has 3 nitrogen and oxygen atoms in total. The highest BCUT2D eigenvalue weighted by molar-refractivity contribution is 6.48. The highest BCUT2D eigenvalue weighted by Gasteiger charge is 2.60. The van der Waals surface area contributed by atoms with Crippen LogP contribution in [0.3, 0.4) is 0 Å². The highest BCUT2D eigenvalue weighted by atomic mass is 35.5.